The number of ketones is 1. The third-order valence-electron chi connectivity index (χ3n) is 3.84. The molecule has 0 aliphatic rings. The van der Waals surface area contributed by atoms with Crippen molar-refractivity contribution >= 4 is 12.1 Å². The summed E-state index contributed by atoms with van der Waals surface area (Å²) in [5.41, 5.74) is 0. The fraction of sp³-hybridized carbons (Fsp3) is 0.882. The maximum Gasteiger partial charge on any atom is 0.197 e. The lowest BCUT2D eigenvalue weighted by Crippen LogP contribution is -2.18. The molecule has 2 unspecified atom stereocenters. The standard InChI is InChI=1S/C17H32O3/c1-3-5-6-7-8-9-11-15(10-4-2)12-16(19)13-17(20)14-18/h14-16,19H,3-13H2,1-2H3. The van der Waals surface area contributed by atoms with Gasteiger partial charge in [0.25, 0.3) is 0 Å². The van der Waals surface area contributed by atoms with Crippen molar-refractivity contribution in [1.82, 2.24) is 0 Å². The van der Waals surface area contributed by atoms with Crippen molar-refractivity contribution in [3.05, 3.63) is 0 Å². The third kappa shape index (κ3) is 11.2. The van der Waals surface area contributed by atoms with Gasteiger partial charge in [-0.2, -0.15) is 0 Å². The second kappa shape index (κ2) is 13.3. The quantitative estimate of drug-likeness (QED) is 0.297. The average molecular weight is 284 g/mol. The SMILES string of the molecule is CCCCCCCCC(CCC)CC(O)CC(=O)C=O. The van der Waals surface area contributed by atoms with Crippen LogP contribution >= 0.6 is 0 Å². The lowest BCUT2D eigenvalue weighted by molar-refractivity contribution is -0.131. The minimum absolute atomic E-state index is 0.0137. The van der Waals surface area contributed by atoms with Crippen molar-refractivity contribution in [2.24, 2.45) is 5.92 Å². The van der Waals surface area contributed by atoms with Crippen LogP contribution in [0.1, 0.15) is 84.5 Å². The van der Waals surface area contributed by atoms with Gasteiger partial charge < -0.3 is 5.11 Å². The maximum atomic E-state index is 11.0. The van der Waals surface area contributed by atoms with Gasteiger partial charge in [0.15, 0.2) is 12.1 Å². The number of aldehydes is 1. The van der Waals surface area contributed by atoms with Crippen molar-refractivity contribution < 1.29 is 14.7 Å². The molecule has 3 heteroatoms. The summed E-state index contributed by atoms with van der Waals surface area (Å²) in [6.07, 6.45) is 11.3. The predicted octanol–water partition coefficient (Wildman–Crippen LogP) is 4.06. The van der Waals surface area contributed by atoms with Crippen LogP contribution in [0.25, 0.3) is 0 Å². The van der Waals surface area contributed by atoms with Crippen LogP contribution in [0, 0.1) is 5.92 Å². The Balaban J connectivity index is 3.84. The highest BCUT2D eigenvalue weighted by Crippen LogP contribution is 2.22. The van der Waals surface area contributed by atoms with Crippen LogP contribution in [0.4, 0.5) is 0 Å². The fourth-order valence-electron chi connectivity index (χ4n) is 2.75. The van der Waals surface area contributed by atoms with Crippen LogP contribution in [0.2, 0.25) is 0 Å². The molecule has 0 saturated carbocycles. The fourth-order valence-corrected chi connectivity index (χ4v) is 2.75. The van der Waals surface area contributed by atoms with Crippen LogP contribution in [0.3, 0.4) is 0 Å². The van der Waals surface area contributed by atoms with Gasteiger partial charge in [0.05, 0.1) is 6.10 Å². The van der Waals surface area contributed by atoms with E-state index in [2.05, 4.69) is 13.8 Å². The van der Waals surface area contributed by atoms with Crippen LogP contribution in [0.5, 0.6) is 0 Å². The molecule has 0 aliphatic carbocycles. The number of Topliss-reactive ketones (excluding diaryl/α,β-unsaturated/α-hetero) is 1. The Morgan fingerprint density at radius 1 is 1.00 bits per heavy atom. The van der Waals surface area contributed by atoms with Crippen molar-refractivity contribution in [3.8, 4) is 0 Å². The van der Waals surface area contributed by atoms with Gasteiger partial charge in [0.1, 0.15) is 0 Å². The molecule has 0 aromatic carbocycles. The van der Waals surface area contributed by atoms with Gasteiger partial charge in [-0.1, -0.05) is 71.6 Å². The molecule has 20 heavy (non-hydrogen) atoms. The minimum Gasteiger partial charge on any atom is -0.393 e. The van der Waals surface area contributed by atoms with E-state index in [0.29, 0.717) is 18.6 Å². The normalized spacial score (nSPS) is 13.9. The molecule has 0 heterocycles. The molecule has 3 nitrogen and oxygen atoms in total. The van der Waals surface area contributed by atoms with Crippen molar-refractivity contribution in [3.63, 3.8) is 0 Å². The largest absolute Gasteiger partial charge is 0.393 e. The summed E-state index contributed by atoms with van der Waals surface area (Å²) in [4.78, 5) is 21.3. The van der Waals surface area contributed by atoms with E-state index < -0.39 is 11.9 Å². The van der Waals surface area contributed by atoms with E-state index in [4.69, 9.17) is 0 Å². The Bertz CT molecular complexity index is 251. The topological polar surface area (TPSA) is 54.4 Å². The van der Waals surface area contributed by atoms with Gasteiger partial charge in [-0.25, -0.2) is 0 Å². The zero-order chi connectivity index (χ0) is 15.2. The molecule has 0 radical (unpaired) electrons. The monoisotopic (exact) mass is 284 g/mol. The molecule has 0 bridgehead atoms. The van der Waals surface area contributed by atoms with Gasteiger partial charge in [0, 0.05) is 6.42 Å². The summed E-state index contributed by atoms with van der Waals surface area (Å²) in [5, 5.41) is 9.84. The Kier molecular flexibility index (Phi) is 12.8. The molecule has 1 N–H and O–H groups in total. The Morgan fingerprint density at radius 3 is 2.25 bits per heavy atom. The highest BCUT2D eigenvalue weighted by Gasteiger charge is 2.16. The van der Waals surface area contributed by atoms with E-state index in [9.17, 15) is 14.7 Å². The minimum atomic E-state index is -0.649. The first kappa shape index (κ1) is 19.3. The number of rotatable bonds is 14. The summed E-state index contributed by atoms with van der Waals surface area (Å²) in [6, 6.07) is 0. The average Bonchev–Trinajstić information content (AvgIpc) is 2.42. The van der Waals surface area contributed by atoms with Crippen LogP contribution in [-0.4, -0.2) is 23.3 Å². The molecule has 0 aliphatic heterocycles. The molecule has 0 aromatic heterocycles. The van der Waals surface area contributed by atoms with Crippen LogP contribution in [0.15, 0.2) is 0 Å². The number of aliphatic hydroxyl groups is 1. The second-order valence-corrected chi connectivity index (χ2v) is 5.89. The smallest absolute Gasteiger partial charge is 0.197 e. The lowest BCUT2D eigenvalue weighted by Gasteiger charge is -2.19. The molecule has 0 spiro atoms. The highest BCUT2D eigenvalue weighted by molar-refractivity contribution is 6.25. The summed E-state index contributed by atoms with van der Waals surface area (Å²) in [6.45, 7) is 4.37. The number of hydrogen-bond donors (Lipinski definition) is 1. The van der Waals surface area contributed by atoms with Crippen LogP contribution < -0.4 is 0 Å². The molecule has 0 amide bonds. The van der Waals surface area contributed by atoms with Gasteiger partial charge in [-0.15, -0.1) is 0 Å². The van der Waals surface area contributed by atoms with E-state index in [0.717, 1.165) is 19.3 Å². The Labute approximate surface area is 124 Å². The Morgan fingerprint density at radius 2 is 1.65 bits per heavy atom. The molecular weight excluding hydrogens is 252 g/mol. The molecule has 0 aromatic rings. The number of hydrogen-bond acceptors (Lipinski definition) is 3. The van der Waals surface area contributed by atoms with E-state index in [-0.39, 0.29) is 6.42 Å². The summed E-state index contributed by atoms with van der Waals surface area (Å²) in [7, 11) is 0. The number of carbonyl (C=O) groups excluding carboxylic acids is 2. The molecule has 0 saturated heterocycles. The summed E-state index contributed by atoms with van der Waals surface area (Å²) < 4.78 is 0. The van der Waals surface area contributed by atoms with E-state index in [1.165, 1.54) is 38.5 Å². The van der Waals surface area contributed by atoms with Crippen molar-refractivity contribution in [2.45, 2.75) is 90.6 Å². The molecule has 0 fully saturated rings. The zero-order valence-electron chi connectivity index (χ0n) is 13.3. The molecule has 2 atom stereocenters. The molecule has 118 valence electrons. The first-order chi connectivity index (χ1) is 9.63. The summed E-state index contributed by atoms with van der Waals surface area (Å²) >= 11 is 0. The first-order valence-corrected chi connectivity index (χ1v) is 8.30. The third-order valence-corrected chi connectivity index (χ3v) is 3.84. The van der Waals surface area contributed by atoms with E-state index >= 15 is 0 Å². The van der Waals surface area contributed by atoms with Gasteiger partial charge in [0.2, 0.25) is 0 Å². The number of aliphatic hydroxyl groups excluding tert-OH is 1. The lowest BCUT2D eigenvalue weighted by atomic mass is 9.89. The highest BCUT2D eigenvalue weighted by atomic mass is 16.3. The van der Waals surface area contributed by atoms with Crippen LogP contribution in [-0.2, 0) is 9.59 Å². The summed E-state index contributed by atoms with van der Waals surface area (Å²) in [5.74, 6) is -0.00654. The maximum absolute atomic E-state index is 11.0. The molecule has 0 rings (SSSR count). The first-order valence-electron chi connectivity index (χ1n) is 8.30. The zero-order valence-corrected chi connectivity index (χ0v) is 13.3. The van der Waals surface area contributed by atoms with Crippen molar-refractivity contribution in [2.75, 3.05) is 0 Å². The van der Waals surface area contributed by atoms with Gasteiger partial charge >= 0.3 is 0 Å². The number of unbranched alkanes of at least 4 members (excludes halogenated alkanes) is 5. The Hall–Kier alpha value is -0.700. The van der Waals surface area contributed by atoms with Gasteiger partial charge in [-0.3, -0.25) is 9.59 Å². The predicted molar refractivity (Wildman–Crippen MR) is 82.7 cm³/mol. The number of carbonyl (C=O) groups is 2. The second-order valence-electron chi connectivity index (χ2n) is 5.89. The van der Waals surface area contributed by atoms with Gasteiger partial charge in [-0.05, 0) is 12.3 Å². The van der Waals surface area contributed by atoms with E-state index in [1.54, 1.807) is 0 Å². The molecular formula is C17H32O3. The van der Waals surface area contributed by atoms with E-state index in [1.807, 2.05) is 0 Å². The van der Waals surface area contributed by atoms with Crippen molar-refractivity contribution in [1.29, 1.82) is 0 Å².